The summed E-state index contributed by atoms with van der Waals surface area (Å²) in [5.74, 6) is -0.477. The lowest BCUT2D eigenvalue weighted by Gasteiger charge is -2.11. The SMILES string of the molecule is Cc1cc(C)c(OCC(=O)N/N=C\c2cccc([N+](=O)[O-])c2O)c(Br)c1. The summed E-state index contributed by atoms with van der Waals surface area (Å²) in [6.45, 7) is 3.56. The van der Waals surface area contributed by atoms with Crippen molar-refractivity contribution in [2.24, 2.45) is 5.10 Å². The number of phenolic OH excluding ortho intramolecular Hbond substituents is 1. The van der Waals surface area contributed by atoms with Crippen LogP contribution >= 0.6 is 15.9 Å². The Morgan fingerprint density at radius 1 is 1.42 bits per heavy atom. The number of carbonyl (C=O) groups excluding carboxylic acids is 1. The highest BCUT2D eigenvalue weighted by molar-refractivity contribution is 9.10. The van der Waals surface area contributed by atoms with Crippen molar-refractivity contribution in [3.05, 3.63) is 61.6 Å². The number of benzene rings is 2. The van der Waals surface area contributed by atoms with Crippen LogP contribution < -0.4 is 10.2 Å². The molecule has 0 fully saturated rings. The predicted octanol–water partition coefficient (Wildman–Crippen LogP) is 3.21. The molecule has 0 atom stereocenters. The molecule has 2 aromatic rings. The number of nitro groups is 1. The van der Waals surface area contributed by atoms with E-state index in [1.165, 1.54) is 18.2 Å². The van der Waals surface area contributed by atoms with Crippen LogP contribution in [0, 0.1) is 24.0 Å². The summed E-state index contributed by atoms with van der Waals surface area (Å²) >= 11 is 3.39. The van der Waals surface area contributed by atoms with Gasteiger partial charge < -0.3 is 9.84 Å². The number of hydrogen-bond donors (Lipinski definition) is 2. The van der Waals surface area contributed by atoms with Gasteiger partial charge in [-0.15, -0.1) is 0 Å². The van der Waals surface area contributed by atoms with Crippen LogP contribution in [-0.2, 0) is 4.79 Å². The van der Waals surface area contributed by atoms with Crippen molar-refractivity contribution in [1.82, 2.24) is 5.43 Å². The first-order valence-corrected chi connectivity index (χ1v) is 8.26. The lowest BCUT2D eigenvalue weighted by molar-refractivity contribution is -0.385. The number of ether oxygens (including phenoxy) is 1. The minimum Gasteiger partial charge on any atom is -0.502 e. The fraction of sp³-hybridized carbons (Fsp3) is 0.176. The topological polar surface area (TPSA) is 114 Å². The lowest BCUT2D eigenvalue weighted by atomic mass is 10.1. The highest BCUT2D eigenvalue weighted by atomic mass is 79.9. The third-order valence-electron chi connectivity index (χ3n) is 3.36. The second kappa shape index (κ2) is 8.43. The number of carbonyl (C=O) groups is 1. The van der Waals surface area contributed by atoms with Crippen molar-refractivity contribution in [3.8, 4) is 11.5 Å². The van der Waals surface area contributed by atoms with Crippen LogP contribution in [0.15, 0.2) is 39.9 Å². The van der Waals surface area contributed by atoms with Crippen molar-refractivity contribution >= 4 is 33.7 Å². The largest absolute Gasteiger partial charge is 0.502 e. The van der Waals surface area contributed by atoms with E-state index in [4.69, 9.17) is 4.74 Å². The fourth-order valence-electron chi connectivity index (χ4n) is 2.23. The summed E-state index contributed by atoms with van der Waals surface area (Å²) in [6, 6.07) is 7.81. The standard InChI is InChI=1S/C17H16BrN3O5/c1-10-6-11(2)17(13(18)7-10)26-9-15(22)20-19-8-12-4-3-5-14(16(12)23)21(24)25/h3-8,23H,9H2,1-2H3,(H,20,22)/b19-8-. The molecule has 0 unspecified atom stereocenters. The second-order valence-electron chi connectivity index (χ2n) is 5.45. The Morgan fingerprint density at radius 3 is 2.81 bits per heavy atom. The van der Waals surface area contributed by atoms with E-state index in [1.54, 1.807) is 0 Å². The monoisotopic (exact) mass is 421 g/mol. The van der Waals surface area contributed by atoms with Crippen LogP contribution in [-0.4, -0.2) is 28.8 Å². The number of nitrogens with zero attached hydrogens (tertiary/aromatic N) is 2. The number of halogens is 1. The Morgan fingerprint density at radius 2 is 2.15 bits per heavy atom. The molecule has 0 radical (unpaired) electrons. The number of aryl methyl sites for hydroxylation is 2. The van der Waals surface area contributed by atoms with E-state index in [2.05, 4.69) is 26.5 Å². The Bertz CT molecular complexity index is 860. The van der Waals surface area contributed by atoms with E-state index in [1.807, 2.05) is 26.0 Å². The number of hydrazone groups is 1. The average Bonchev–Trinajstić information content (AvgIpc) is 2.55. The Labute approximate surface area is 157 Å². The fourth-order valence-corrected chi connectivity index (χ4v) is 3.02. The normalized spacial score (nSPS) is 10.7. The van der Waals surface area contributed by atoms with Gasteiger partial charge in [0.2, 0.25) is 5.75 Å². The molecule has 2 N–H and O–H groups in total. The summed E-state index contributed by atoms with van der Waals surface area (Å²) < 4.78 is 6.23. The first-order valence-electron chi connectivity index (χ1n) is 7.47. The van der Waals surface area contributed by atoms with Gasteiger partial charge in [-0.1, -0.05) is 12.1 Å². The third kappa shape index (κ3) is 4.79. The van der Waals surface area contributed by atoms with Gasteiger partial charge in [-0.2, -0.15) is 5.10 Å². The molecule has 0 spiro atoms. The van der Waals surface area contributed by atoms with E-state index in [-0.39, 0.29) is 12.2 Å². The molecular weight excluding hydrogens is 406 g/mol. The predicted molar refractivity (Wildman–Crippen MR) is 99.6 cm³/mol. The third-order valence-corrected chi connectivity index (χ3v) is 3.95. The molecule has 9 heteroatoms. The molecule has 1 amide bonds. The molecule has 26 heavy (non-hydrogen) atoms. The van der Waals surface area contributed by atoms with E-state index in [0.29, 0.717) is 5.75 Å². The minimum atomic E-state index is -0.707. The highest BCUT2D eigenvalue weighted by Crippen LogP contribution is 2.30. The van der Waals surface area contributed by atoms with Gasteiger partial charge in [0.25, 0.3) is 5.91 Å². The second-order valence-corrected chi connectivity index (χ2v) is 6.30. The van der Waals surface area contributed by atoms with E-state index in [0.717, 1.165) is 21.8 Å². The molecule has 0 bridgehead atoms. The van der Waals surface area contributed by atoms with Gasteiger partial charge in [0.1, 0.15) is 5.75 Å². The Hall–Kier alpha value is -2.94. The molecule has 2 aromatic carbocycles. The van der Waals surface area contributed by atoms with Crippen LogP contribution in [0.3, 0.4) is 0 Å². The first kappa shape index (κ1) is 19.4. The summed E-state index contributed by atoms with van der Waals surface area (Å²) in [5.41, 5.74) is 3.85. The van der Waals surface area contributed by atoms with Crippen molar-refractivity contribution in [1.29, 1.82) is 0 Å². The smallest absolute Gasteiger partial charge is 0.311 e. The summed E-state index contributed by atoms with van der Waals surface area (Å²) in [5, 5.41) is 24.2. The van der Waals surface area contributed by atoms with Crippen molar-refractivity contribution < 1.29 is 19.6 Å². The van der Waals surface area contributed by atoms with Crippen LogP contribution in [0.1, 0.15) is 16.7 Å². The molecule has 0 aliphatic carbocycles. The highest BCUT2D eigenvalue weighted by Gasteiger charge is 2.15. The number of para-hydroxylation sites is 1. The van der Waals surface area contributed by atoms with Gasteiger partial charge in [-0.3, -0.25) is 14.9 Å². The lowest BCUT2D eigenvalue weighted by Crippen LogP contribution is -2.24. The minimum absolute atomic E-state index is 0.109. The number of rotatable bonds is 6. The number of amides is 1. The molecule has 0 saturated heterocycles. The van der Waals surface area contributed by atoms with Gasteiger partial charge in [0.15, 0.2) is 6.61 Å². The van der Waals surface area contributed by atoms with Gasteiger partial charge in [0.05, 0.1) is 15.6 Å². The zero-order chi connectivity index (χ0) is 19.3. The molecule has 0 saturated carbocycles. The van der Waals surface area contributed by atoms with E-state index in [9.17, 15) is 20.0 Å². The molecule has 0 aromatic heterocycles. The van der Waals surface area contributed by atoms with Gasteiger partial charge in [0, 0.05) is 11.6 Å². The number of phenols is 1. The number of aromatic hydroxyl groups is 1. The summed E-state index contributed by atoms with van der Waals surface area (Å²) in [6.07, 6.45) is 1.12. The number of nitrogens with one attached hydrogen (secondary N) is 1. The Balaban J connectivity index is 1.97. The molecule has 8 nitrogen and oxygen atoms in total. The number of hydrogen-bond acceptors (Lipinski definition) is 6. The maximum atomic E-state index is 11.8. The molecule has 2 rings (SSSR count). The quantitative estimate of drug-likeness (QED) is 0.422. The molecular formula is C17H16BrN3O5. The average molecular weight is 422 g/mol. The first-order chi connectivity index (χ1) is 12.3. The molecule has 0 aliphatic rings. The maximum absolute atomic E-state index is 11.8. The van der Waals surface area contributed by atoms with Gasteiger partial charge in [-0.25, -0.2) is 5.43 Å². The van der Waals surface area contributed by atoms with E-state index < -0.39 is 22.3 Å². The number of nitro benzene ring substituents is 1. The summed E-state index contributed by atoms with van der Waals surface area (Å²) in [7, 11) is 0. The van der Waals surface area contributed by atoms with Crippen molar-refractivity contribution in [2.75, 3.05) is 6.61 Å². The van der Waals surface area contributed by atoms with E-state index >= 15 is 0 Å². The Kier molecular flexibility index (Phi) is 6.29. The van der Waals surface area contributed by atoms with Crippen molar-refractivity contribution in [2.45, 2.75) is 13.8 Å². The van der Waals surface area contributed by atoms with Crippen LogP contribution in [0.2, 0.25) is 0 Å². The van der Waals surface area contributed by atoms with Crippen LogP contribution in [0.25, 0.3) is 0 Å². The summed E-state index contributed by atoms with van der Waals surface area (Å²) in [4.78, 5) is 21.9. The van der Waals surface area contributed by atoms with Crippen LogP contribution in [0.5, 0.6) is 11.5 Å². The molecule has 0 aliphatic heterocycles. The zero-order valence-electron chi connectivity index (χ0n) is 14.0. The van der Waals surface area contributed by atoms with Crippen LogP contribution in [0.4, 0.5) is 5.69 Å². The maximum Gasteiger partial charge on any atom is 0.311 e. The zero-order valence-corrected chi connectivity index (χ0v) is 15.6. The van der Waals surface area contributed by atoms with Crippen molar-refractivity contribution in [3.63, 3.8) is 0 Å². The van der Waals surface area contributed by atoms with Gasteiger partial charge >= 0.3 is 5.69 Å². The molecule has 136 valence electrons. The molecule has 0 heterocycles. The van der Waals surface area contributed by atoms with Gasteiger partial charge in [-0.05, 0) is 53.0 Å².